The van der Waals surface area contributed by atoms with Crippen molar-refractivity contribution in [2.45, 2.75) is 32.9 Å². The van der Waals surface area contributed by atoms with Gasteiger partial charge in [-0.05, 0) is 38.5 Å². The zero-order valence-corrected chi connectivity index (χ0v) is 14.8. The number of esters is 2. The highest BCUT2D eigenvalue weighted by Gasteiger charge is 2.23. The van der Waals surface area contributed by atoms with Gasteiger partial charge in [-0.15, -0.1) is 0 Å². The van der Waals surface area contributed by atoms with Crippen molar-refractivity contribution in [2.24, 2.45) is 0 Å². The Balaban J connectivity index is 2.20. The van der Waals surface area contributed by atoms with Crippen molar-refractivity contribution in [3.63, 3.8) is 0 Å². The Kier molecular flexibility index (Phi) is 5.29. The summed E-state index contributed by atoms with van der Waals surface area (Å²) in [6.07, 6.45) is 1.38. The van der Waals surface area contributed by atoms with Crippen molar-refractivity contribution in [3.8, 4) is 0 Å². The number of aromatic nitrogens is 2. The molecule has 0 radical (unpaired) electrons. The molecule has 0 unspecified atom stereocenters. The lowest BCUT2D eigenvalue weighted by atomic mass is 10.1. The van der Waals surface area contributed by atoms with Gasteiger partial charge in [0, 0.05) is 0 Å². The Morgan fingerprint density at radius 3 is 2.58 bits per heavy atom. The number of benzene rings is 1. The van der Waals surface area contributed by atoms with Gasteiger partial charge < -0.3 is 9.47 Å². The molecule has 0 N–H and O–H groups in total. The molecule has 0 aliphatic heterocycles. The highest BCUT2D eigenvalue weighted by molar-refractivity contribution is 6.32. The van der Waals surface area contributed by atoms with E-state index in [1.165, 1.54) is 18.0 Å². The molecule has 0 aliphatic carbocycles. The predicted octanol–water partition coefficient (Wildman–Crippen LogP) is 3.33. The normalized spacial score (nSPS) is 11.2. The summed E-state index contributed by atoms with van der Waals surface area (Å²) in [6.45, 7) is 5.65. The maximum absolute atomic E-state index is 12.1. The van der Waals surface area contributed by atoms with Crippen LogP contribution in [0, 0.1) is 0 Å². The van der Waals surface area contributed by atoms with Crippen LogP contribution in [-0.4, -0.2) is 34.4 Å². The molecule has 0 aliphatic rings. The van der Waals surface area contributed by atoms with E-state index in [4.69, 9.17) is 21.1 Å². The van der Waals surface area contributed by atoms with E-state index in [2.05, 4.69) is 5.10 Å². The van der Waals surface area contributed by atoms with Gasteiger partial charge >= 0.3 is 11.9 Å². The van der Waals surface area contributed by atoms with Gasteiger partial charge in [0.25, 0.3) is 0 Å². The molecule has 7 heteroatoms. The minimum absolute atomic E-state index is 0.188. The molecular formula is C17H19ClN2O4. The first-order chi connectivity index (χ1) is 11.2. The molecule has 0 amide bonds. The van der Waals surface area contributed by atoms with E-state index in [-0.39, 0.29) is 10.7 Å². The predicted molar refractivity (Wildman–Crippen MR) is 89.3 cm³/mol. The highest BCUT2D eigenvalue weighted by Crippen LogP contribution is 2.21. The molecule has 6 nitrogen and oxygen atoms in total. The second-order valence-corrected chi connectivity index (χ2v) is 6.56. The zero-order chi connectivity index (χ0) is 17.9. The summed E-state index contributed by atoms with van der Waals surface area (Å²) in [4.78, 5) is 23.7. The molecule has 128 valence electrons. The SMILES string of the molecule is COC(=O)c1cccc(Cn2ncc(C(=O)OC(C)(C)C)c2Cl)c1. The summed E-state index contributed by atoms with van der Waals surface area (Å²) >= 11 is 6.24. The number of methoxy groups -OCH3 is 1. The molecule has 0 saturated heterocycles. The van der Waals surface area contributed by atoms with Gasteiger partial charge in [-0.25, -0.2) is 14.3 Å². The van der Waals surface area contributed by atoms with Crippen LogP contribution < -0.4 is 0 Å². The van der Waals surface area contributed by atoms with Crippen LogP contribution in [0.15, 0.2) is 30.5 Å². The lowest BCUT2D eigenvalue weighted by Crippen LogP contribution is -2.23. The summed E-state index contributed by atoms with van der Waals surface area (Å²) in [5.74, 6) is -0.945. The first kappa shape index (κ1) is 18.0. The average molecular weight is 351 g/mol. The number of carbonyl (C=O) groups excluding carboxylic acids is 2. The monoisotopic (exact) mass is 350 g/mol. The number of hydrogen-bond donors (Lipinski definition) is 0. The number of hydrogen-bond acceptors (Lipinski definition) is 5. The highest BCUT2D eigenvalue weighted by atomic mass is 35.5. The van der Waals surface area contributed by atoms with E-state index in [0.717, 1.165) is 5.56 Å². The number of nitrogens with zero attached hydrogens (tertiary/aromatic N) is 2. The van der Waals surface area contributed by atoms with E-state index in [1.807, 2.05) is 6.07 Å². The molecule has 1 aromatic heterocycles. The third-order valence-corrected chi connectivity index (χ3v) is 3.47. The summed E-state index contributed by atoms with van der Waals surface area (Å²) in [6, 6.07) is 6.93. The molecule has 1 heterocycles. The Labute approximate surface area is 145 Å². The molecular weight excluding hydrogens is 332 g/mol. The van der Waals surface area contributed by atoms with E-state index >= 15 is 0 Å². The van der Waals surface area contributed by atoms with Crippen LogP contribution in [0.3, 0.4) is 0 Å². The van der Waals surface area contributed by atoms with Crippen molar-refractivity contribution in [1.29, 1.82) is 0 Å². The zero-order valence-electron chi connectivity index (χ0n) is 14.0. The lowest BCUT2D eigenvalue weighted by Gasteiger charge is -2.18. The first-order valence-electron chi connectivity index (χ1n) is 7.33. The van der Waals surface area contributed by atoms with Crippen LogP contribution in [0.5, 0.6) is 0 Å². The minimum Gasteiger partial charge on any atom is -0.465 e. The Morgan fingerprint density at radius 2 is 1.96 bits per heavy atom. The summed E-state index contributed by atoms with van der Waals surface area (Å²) in [5, 5.41) is 4.31. The fraction of sp³-hybridized carbons (Fsp3) is 0.353. The second-order valence-electron chi connectivity index (χ2n) is 6.20. The smallest absolute Gasteiger partial charge is 0.343 e. The summed E-state index contributed by atoms with van der Waals surface area (Å²) < 4.78 is 11.5. The van der Waals surface area contributed by atoms with E-state index < -0.39 is 17.5 Å². The van der Waals surface area contributed by atoms with Crippen LogP contribution >= 0.6 is 11.6 Å². The van der Waals surface area contributed by atoms with Gasteiger partial charge in [0.05, 0.1) is 25.4 Å². The molecule has 1 aromatic carbocycles. The van der Waals surface area contributed by atoms with Crippen molar-refractivity contribution in [3.05, 3.63) is 52.3 Å². The fourth-order valence-corrected chi connectivity index (χ4v) is 2.27. The van der Waals surface area contributed by atoms with E-state index in [0.29, 0.717) is 12.1 Å². The largest absolute Gasteiger partial charge is 0.465 e. The van der Waals surface area contributed by atoms with Gasteiger partial charge in [-0.3, -0.25) is 0 Å². The maximum Gasteiger partial charge on any atom is 0.343 e. The van der Waals surface area contributed by atoms with Crippen LogP contribution in [0.4, 0.5) is 0 Å². The average Bonchev–Trinajstić information content (AvgIpc) is 2.86. The molecule has 2 rings (SSSR count). The van der Waals surface area contributed by atoms with E-state index in [1.54, 1.807) is 39.0 Å². The summed E-state index contributed by atoms with van der Waals surface area (Å²) in [7, 11) is 1.33. The van der Waals surface area contributed by atoms with Crippen molar-refractivity contribution in [2.75, 3.05) is 7.11 Å². The second kappa shape index (κ2) is 7.05. The van der Waals surface area contributed by atoms with Crippen LogP contribution in [-0.2, 0) is 16.0 Å². The Morgan fingerprint density at radius 1 is 1.25 bits per heavy atom. The Hall–Kier alpha value is -2.34. The lowest BCUT2D eigenvalue weighted by molar-refractivity contribution is 0.00694. The molecule has 0 atom stereocenters. The van der Waals surface area contributed by atoms with Crippen molar-refractivity contribution >= 4 is 23.5 Å². The maximum atomic E-state index is 12.1. The van der Waals surface area contributed by atoms with Gasteiger partial charge in [0.15, 0.2) is 0 Å². The molecule has 0 bridgehead atoms. The topological polar surface area (TPSA) is 70.4 Å². The molecule has 0 spiro atoms. The number of halogens is 1. The van der Waals surface area contributed by atoms with Crippen LogP contribution in [0.1, 0.15) is 47.1 Å². The standard InChI is InChI=1S/C17H19ClN2O4/c1-17(2,3)24-16(22)13-9-19-20(14(13)18)10-11-6-5-7-12(8-11)15(21)23-4/h5-9H,10H2,1-4H3. The van der Waals surface area contributed by atoms with Crippen LogP contribution in [0.25, 0.3) is 0 Å². The third kappa shape index (κ3) is 4.35. The summed E-state index contributed by atoms with van der Waals surface area (Å²) in [5.41, 5.74) is 0.831. The molecule has 2 aromatic rings. The number of carbonyl (C=O) groups is 2. The van der Waals surface area contributed by atoms with Crippen molar-refractivity contribution < 1.29 is 19.1 Å². The molecule has 24 heavy (non-hydrogen) atoms. The first-order valence-corrected chi connectivity index (χ1v) is 7.71. The van der Waals surface area contributed by atoms with Gasteiger partial charge in [-0.2, -0.15) is 5.10 Å². The molecule has 0 fully saturated rings. The van der Waals surface area contributed by atoms with Crippen LogP contribution in [0.2, 0.25) is 5.15 Å². The quantitative estimate of drug-likeness (QED) is 0.791. The van der Waals surface area contributed by atoms with Gasteiger partial charge in [0.2, 0.25) is 0 Å². The van der Waals surface area contributed by atoms with Crippen molar-refractivity contribution in [1.82, 2.24) is 9.78 Å². The minimum atomic E-state index is -0.614. The van der Waals surface area contributed by atoms with Gasteiger partial charge in [0.1, 0.15) is 16.3 Å². The molecule has 0 saturated carbocycles. The number of rotatable bonds is 4. The van der Waals surface area contributed by atoms with E-state index in [9.17, 15) is 9.59 Å². The third-order valence-electron chi connectivity index (χ3n) is 3.07. The Bertz CT molecular complexity index is 762. The number of ether oxygens (including phenoxy) is 2. The van der Waals surface area contributed by atoms with Gasteiger partial charge in [-0.1, -0.05) is 23.7 Å². The fourth-order valence-electron chi connectivity index (χ4n) is 2.04.